The summed E-state index contributed by atoms with van der Waals surface area (Å²) in [4.78, 5) is 0. The maximum atomic E-state index is 3.43. The number of hydrogen-bond acceptors (Lipinski definition) is 2. The van der Waals surface area contributed by atoms with Gasteiger partial charge in [0, 0.05) is 19.1 Å². The van der Waals surface area contributed by atoms with Gasteiger partial charge in [-0.1, -0.05) is 6.92 Å². The molecule has 2 nitrogen and oxygen atoms in total. The Kier molecular flexibility index (Phi) is 2.49. The summed E-state index contributed by atoms with van der Waals surface area (Å²) in [6.07, 6.45) is 0. The normalized spacial score (nSPS) is 38.0. The minimum Gasteiger partial charge on any atom is -0.315 e. The molecule has 0 saturated carbocycles. The summed E-state index contributed by atoms with van der Waals surface area (Å²) in [5, 5.41) is 6.80. The Hall–Kier alpha value is -0.0800. The van der Waals surface area contributed by atoms with E-state index in [1.807, 2.05) is 0 Å². The molecule has 2 atom stereocenters. The summed E-state index contributed by atoms with van der Waals surface area (Å²) in [5.41, 5.74) is 0. The van der Waals surface area contributed by atoms with Crippen LogP contribution in [-0.4, -0.2) is 25.7 Å². The molecule has 0 bridgehead atoms. The lowest BCUT2D eigenvalue weighted by Gasteiger charge is -2.15. The molecule has 54 valence electrons. The van der Waals surface area contributed by atoms with E-state index in [0.29, 0.717) is 6.04 Å². The van der Waals surface area contributed by atoms with Crippen molar-refractivity contribution >= 4 is 0 Å². The topological polar surface area (TPSA) is 24.1 Å². The van der Waals surface area contributed by atoms with Crippen LogP contribution in [0.25, 0.3) is 0 Å². The number of rotatable bonds is 0. The lowest BCUT2D eigenvalue weighted by Crippen LogP contribution is -2.32. The van der Waals surface area contributed by atoms with Gasteiger partial charge >= 0.3 is 0 Å². The molecule has 1 aliphatic heterocycles. The van der Waals surface area contributed by atoms with Crippen molar-refractivity contribution in [3.8, 4) is 0 Å². The molecule has 0 amide bonds. The van der Waals surface area contributed by atoms with Crippen LogP contribution in [0.15, 0.2) is 0 Å². The zero-order chi connectivity index (χ0) is 6.69. The zero-order valence-electron chi connectivity index (χ0n) is 6.28. The monoisotopic (exact) mass is 128 g/mol. The van der Waals surface area contributed by atoms with Crippen molar-refractivity contribution in [1.82, 2.24) is 10.6 Å². The Morgan fingerprint density at radius 3 is 2.78 bits per heavy atom. The molecule has 1 rings (SSSR count). The van der Waals surface area contributed by atoms with Gasteiger partial charge in [-0.15, -0.1) is 0 Å². The van der Waals surface area contributed by atoms with Crippen LogP contribution in [0.4, 0.5) is 0 Å². The molecule has 1 fully saturated rings. The summed E-state index contributed by atoms with van der Waals surface area (Å²) in [5.74, 6) is 0.771. The molecular weight excluding hydrogens is 112 g/mol. The van der Waals surface area contributed by atoms with Crippen molar-refractivity contribution in [1.29, 1.82) is 0 Å². The van der Waals surface area contributed by atoms with E-state index in [9.17, 15) is 0 Å². The van der Waals surface area contributed by atoms with Gasteiger partial charge in [-0.3, -0.25) is 0 Å². The van der Waals surface area contributed by atoms with Crippen molar-refractivity contribution in [2.75, 3.05) is 19.6 Å². The first-order valence-electron chi connectivity index (χ1n) is 3.75. The summed E-state index contributed by atoms with van der Waals surface area (Å²) in [6.45, 7) is 7.92. The molecule has 0 aromatic heterocycles. The SMILES string of the molecule is C[C@H]1CNCCN[C@@H]1C. The molecule has 0 aliphatic carbocycles. The summed E-state index contributed by atoms with van der Waals surface area (Å²) in [6, 6.07) is 0.681. The van der Waals surface area contributed by atoms with Crippen molar-refractivity contribution in [2.24, 2.45) is 5.92 Å². The Morgan fingerprint density at radius 2 is 2.00 bits per heavy atom. The van der Waals surface area contributed by atoms with Crippen LogP contribution in [0.3, 0.4) is 0 Å². The number of hydrogen-bond donors (Lipinski definition) is 2. The van der Waals surface area contributed by atoms with Gasteiger partial charge in [-0.05, 0) is 19.4 Å². The lowest BCUT2D eigenvalue weighted by atomic mass is 10.1. The van der Waals surface area contributed by atoms with Gasteiger partial charge in [-0.25, -0.2) is 0 Å². The first-order chi connectivity index (χ1) is 4.30. The van der Waals surface area contributed by atoms with E-state index in [4.69, 9.17) is 0 Å². The van der Waals surface area contributed by atoms with E-state index in [1.165, 1.54) is 0 Å². The molecule has 9 heavy (non-hydrogen) atoms. The van der Waals surface area contributed by atoms with Crippen LogP contribution in [0.2, 0.25) is 0 Å². The lowest BCUT2D eigenvalue weighted by molar-refractivity contribution is 0.432. The van der Waals surface area contributed by atoms with E-state index < -0.39 is 0 Å². The van der Waals surface area contributed by atoms with Gasteiger partial charge < -0.3 is 10.6 Å². The Bertz CT molecular complexity index is 73.0. The largest absolute Gasteiger partial charge is 0.315 e. The second-order valence-corrected chi connectivity index (χ2v) is 2.92. The van der Waals surface area contributed by atoms with Crippen molar-refractivity contribution < 1.29 is 0 Å². The van der Waals surface area contributed by atoms with Gasteiger partial charge in [0.2, 0.25) is 0 Å². The van der Waals surface area contributed by atoms with Gasteiger partial charge in [0.25, 0.3) is 0 Å². The Balaban J connectivity index is 2.32. The van der Waals surface area contributed by atoms with Gasteiger partial charge in [0.15, 0.2) is 0 Å². The smallest absolute Gasteiger partial charge is 0.00793 e. The standard InChI is InChI=1S/C7H16N2/c1-6-5-8-3-4-9-7(6)2/h6-9H,3-5H2,1-2H3/t6-,7+/m0/s1. The first kappa shape index (κ1) is 7.03. The van der Waals surface area contributed by atoms with Gasteiger partial charge in [0.05, 0.1) is 0 Å². The third kappa shape index (κ3) is 1.95. The third-order valence-corrected chi connectivity index (χ3v) is 2.09. The predicted molar refractivity (Wildman–Crippen MR) is 39.5 cm³/mol. The summed E-state index contributed by atoms with van der Waals surface area (Å²) in [7, 11) is 0. The second kappa shape index (κ2) is 3.18. The van der Waals surface area contributed by atoms with E-state index >= 15 is 0 Å². The fourth-order valence-electron chi connectivity index (χ4n) is 1.10. The van der Waals surface area contributed by atoms with Crippen LogP contribution in [0.5, 0.6) is 0 Å². The first-order valence-corrected chi connectivity index (χ1v) is 3.75. The molecule has 0 radical (unpaired) electrons. The minimum absolute atomic E-state index is 0.681. The quantitative estimate of drug-likeness (QED) is 0.487. The molecule has 2 N–H and O–H groups in total. The molecular formula is C7H16N2. The van der Waals surface area contributed by atoms with Crippen LogP contribution >= 0.6 is 0 Å². The molecule has 0 unspecified atom stereocenters. The fourth-order valence-corrected chi connectivity index (χ4v) is 1.10. The summed E-state index contributed by atoms with van der Waals surface area (Å²) < 4.78 is 0. The Morgan fingerprint density at radius 1 is 1.22 bits per heavy atom. The maximum Gasteiger partial charge on any atom is 0.00793 e. The van der Waals surface area contributed by atoms with Gasteiger partial charge in [0.1, 0.15) is 0 Å². The highest BCUT2D eigenvalue weighted by Crippen LogP contribution is 2.01. The summed E-state index contributed by atoms with van der Waals surface area (Å²) >= 11 is 0. The van der Waals surface area contributed by atoms with Crippen LogP contribution < -0.4 is 10.6 Å². The Labute approximate surface area is 57.0 Å². The molecule has 1 aliphatic rings. The average molecular weight is 128 g/mol. The minimum atomic E-state index is 0.681. The van der Waals surface area contributed by atoms with Crippen molar-refractivity contribution in [3.63, 3.8) is 0 Å². The molecule has 0 aromatic carbocycles. The molecule has 0 spiro atoms. The fraction of sp³-hybridized carbons (Fsp3) is 1.00. The molecule has 2 heteroatoms. The number of nitrogens with one attached hydrogen (secondary N) is 2. The van der Waals surface area contributed by atoms with E-state index in [2.05, 4.69) is 24.5 Å². The second-order valence-electron chi connectivity index (χ2n) is 2.92. The van der Waals surface area contributed by atoms with Crippen molar-refractivity contribution in [2.45, 2.75) is 19.9 Å². The van der Waals surface area contributed by atoms with Crippen LogP contribution in [-0.2, 0) is 0 Å². The van der Waals surface area contributed by atoms with Crippen LogP contribution in [0, 0.1) is 5.92 Å². The van der Waals surface area contributed by atoms with E-state index in [1.54, 1.807) is 0 Å². The van der Waals surface area contributed by atoms with Crippen molar-refractivity contribution in [3.05, 3.63) is 0 Å². The molecule has 1 saturated heterocycles. The van der Waals surface area contributed by atoms with E-state index in [0.717, 1.165) is 25.6 Å². The molecule has 0 aromatic rings. The highest BCUT2D eigenvalue weighted by atomic mass is 15.0. The zero-order valence-corrected chi connectivity index (χ0v) is 6.28. The maximum absolute atomic E-state index is 3.43. The van der Waals surface area contributed by atoms with Crippen LogP contribution in [0.1, 0.15) is 13.8 Å². The predicted octanol–water partition coefficient (Wildman–Crippen LogP) is 0.204. The third-order valence-electron chi connectivity index (χ3n) is 2.09. The highest BCUT2D eigenvalue weighted by Gasteiger charge is 2.12. The molecule has 1 heterocycles. The van der Waals surface area contributed by atoms with E-state index in [-0.39, 0.29) is 0 Å². The average Bonchev–Trinajstić information content (AvgIpc) is 1.99. The highest BCUT2D eigenvalue weighted by molar-refractivity contribution is 4.74. The van der Waals surface area contributed by atoms with Gasteiger partial charge in [-0.2, -0.15) is 0 Å².